The van der Waals surface area contributed by atoms with Crippen molar-refractivity contribution in [2.45, 2.75) is 49.9 Å². The molecule has 18 heteroatoms. The minimum absolute atomic E-state index is 0.183. The summed E-state index contributed by atoms with van der Waals surface area (Å²) in [6, 6.07) is 26.5. The van der Waals surface area contributed by atoms with Gasteiger partial charge in [0.15, 0.2) is 6.04 Å². The van der Waals surface area contributed by atoms with E-state index in [1.165, 1.54) is 24.0 Å². The van der Waals surface area contributed by atoms with Gasteiger partial charge in [-0.2, -0.15) is 4.89 Å². The maximum atomic E-state index is 14.0. The second-order valence-corrected chi connectivity index (χ2v) is 15.8. The summed E-state index contributed by atoms with van der Waals surface area (Å²) >= 11 is 0. The van der Waals surface area contributed by atoms with Gasteiger partial charge in [-0.05, 0) is 73.2 Å². The first-order valence-electron chi connectivity index (χ1n) is 21.1. The van der Waals surface area contributed by atoms with Crippen molar-refractivity contribution in [3.8, 4) is 0 Å². The first kappa shape index (κ1) is 41.7. The molecule has 0 spiro atoms. The van der Waals surface area contributed by atoms with Crippen LogP contribution in [0.5, 0.6) is 0 Å². The highest BCUT2D eigenvalue weighted by Gasteiger charge is 2.39. The SMILES string of the molecule is COOC=N[C@@H](C(=O)N1CCC[C@H]1c1nc2ccc(N3CC(=O)N(c4ccc5nc([C@@H]6CCCN6C(=O)[C@@H](NC(=O)OC)c6ccccc6)[nH]c5c4)CC3=O)cc2[nH]1)c1ccccc1. The van der Waals surface area contributed by atoms with Gasteiger partial charge in [-0.3, -0.25) is 19.2 Å². The number of rotatable bonds is 12. The van der Waals surface area contributed by atoms with Crippen molar-refractivity contribution in [2.24, 2.45) is 4.99 Å². The van der Waals surface area contributed by atoms with Gasteiger partial charge in [0.05, 0.1) is 48.4 Å². The summed E-state index contributed by atoms with van der Waals surface area (Å²) in [5.74, 6) is 0.180. The van der Waals surface area contributed by atoms with Crippen molar-refractivity contribution in [3.63, 3.8) is 0 Å². The number of H-pyrrole nitrogens is 2. The molecule has 0 bridgehead atoms. The summed E-state index contributed by atoms with van der Waals surface area (Å²) in [4.78, 5) is 105. The highest BCUT2D eigenvalue weighted by molar-refractivity contribution is 6.13. The number of nitrogens with zero attached hydrogens (tertiary/aromatic N) is 7. The fraction of sp³-hybridized carbons (Fsp3) is 0.304. The van der Waals surface area contributed by atoms with Gasteiger partial charge in [-0.1, -0.05) is 60.7 Å². The number of carbonyl (C=O) groups excluding carboxylic acids is 5. The Balaban J connectivity index is 0.893. The number of aliphatic imine (C=N–C) groups is 1. The summed E-state index contributed by atoms with van der Waals surface area (Å²) in [5.41, 5.74) is 5.02. The lowest BCUT2D eigenvalue weighted by atomic mass is 10.1. The van der Waals surface area contributed by atoms with Crippen LogP contribution in [0.15, 0.2) is 102 Å². The third kappa shape index (κ3) is 8.22. The lowest BCUT2D eigenvalue weighted by molar-refractivity contribution is -0.188. The molecule has 5 amide bonds. The molecular formula is C46H46N10O8. The Morgan fingerprint density at radius 1 is 0.719 bits per heavy atom. The topological polar surface area (TPSA) is 208 Å². The lowest BCUT2D eigenvalue weighted by Crippen LogP contribution is -2.54. The first-order valence-corrected chi connectivity index (χ1v) is 21.1. The molecule has 4 aromatic carbocycles. The van der Waals surface area contributed by atoms with E-state index in [0.29, 0.717) is 82.1 Å². The number of nitrogens with one attached hydrogen (secondary N) is 3. The number of methoxy groups -OCH3 is 1. The van der Waals surface area contributed by atoms with Crippen LogP contribution in [0.3, 0.4) is 0 Å². The number of amides is 5. The third-order valence-electron chi connectivity index (χ3n) is 12.0. The fourth-order valence-corrected chi connectivity index (χ4v) is 8.89. The molecule has 9 rings (SSSR count). The monoisotopic (exact) mass is 866 g/mol. The van der Waals surface area contributed by atoms with Crippen LogP contribution >= 0.6 is 0 Å². The van der Waals surface area contributed by atoms with Gasteiger partial charge in [-0.15, -0.1) is 0 Å². The number of fused-ring (bicyclic) bond motifs is 2. The molecule has 5 heterocycles. The van der Waals surface area contributed by atoms with Crippen LogP contribution in [0, 0.1) is 0 Å². The summed E-state index contributed by atoms with van der Waals surface area (Å²) in [5, 5.41) is 2.68. The van der Waals surface area contributed by atoms with E-state index in [0.717, 1.165) is 19.2 Å². The molecule has 3 N–H and O–H groups in total. The molecule has 64 heavy (non-hydrogen) atoms. The molecule has 3 aliphatic rings. The average molecular weight is 867 g/mol. The quantitative estimate of drug-likeness (QED) is 0.0601. The van der Waals surface area contributed by atoms with Crippen molar-refractivity contribution >= 4 is 69.6 Å². The van der Waals surface area contributed by atoms with Crippen molar-refractivity contribution in [1.82, 2.24) is 35.1 Å². The summed E-state index contributed by atoms with van der Waals surface area (Å²) < 4.78 is 4.82. The lowest BCUT2D eigenvalue weighted by Gasteiger charge is -2.34. The molecule has 6 aromatic rings. The van der Waals surface area contributed by atoms with E-state index < -0.39 is 18.2 Å². The molecule has 4 atom stereocenters. The van der Waals surface area contributed by atoms with Gasteiger partial charge in [0, 0.05) is 24.5 Å². The predicted molar refractivity (Wildman–Crippen MR) is 235 cm³/mol. The number of piperazine rings is 1. The molecule has 3 saturated heterocycles. The van der Waals surface area contributed by atoms with Gasteiger partial charge in [0.25, 0.3) is 11.8 Å². The van der Waals surface area contributed by atoms with Crippen LogP contribution in [0.25, 0.3) is 22.1 Å². The molecule has 0 saturated carbocycles. The van der Waals surface area contributed by atoms with E-state index in [2.05, 4.69) is 25.2 Å². The second kappa shape index (κ2) is 18.0. The van der Waals surface area contributed by atoms with Crippen molar-refractivity contribution < 1.29 is 38.5 Å². The molecule has 0 unspecified atom stereocenters. The van der Waals surface area contributed by atoms with Gasteiger partial charge in [0.1, 0.15) is 30.8 Å². The van der Waals surface area contributed by atoms with E-state index in [4.69, 9.17) is 19.6 Å². The van der Waals surface area contributed by atoms with Crippen molar-refractivity contribution in [1.29, 1.82) is 0 Å². The van der Waals surface area contributed by atoms with Gasteiger partial charge in [0.2, 0.25) is 18.2 Å². The van der Waals surface area contributed by atoms with E-state index in [1.807, 2.05) is 36.4 Å². The smallest absolute Gasteiger partial charge is 0.407 e. The van der Waals surface area contributed by atoms with E-state index >= 15 is 0 Å². The minimum atomic E-state index is -0.950. The number of alkyl carbamates (subject to hydrolysis) is 1. The maximum absolute atomic E-state index is 14.0. The molecular weight excluding hydrogens is 821 g/mol. The van der Waals surface area contributed by atoms with Gasteiger partial charge >= 0.3 is 6.09 Å². The molecule has 2 aromatic heterocycles. The minimum Gasteiger partial charge on any atom is -0.453 e. The number of hydrogen-bond donors (Lipinski definition) is 3. The average Bonchev–Trinajstić information content (AvgIpc) is 4.16. The van der Waals surface area contributed by atoms with E-state index in [-0.39, 0.29) is 48.8 Å². The Bertz CT molecular complexity index is 2740. The molecule has 18 nitrogen and oxygen atoms in total. The molecule has 3 aliphatic heterocycles. The molecule has 3 fully saturated rings. The number of carbonyl (C=O) groups is 5. The van der Waals surface area contributed by atoms with E-state index in [1.54, 1.807) is 70.5 Å². The zero-order chi connectivity index (χ0) is 44.3. The summed E-state index contributed by atoms with van der Waals surface area (Å²) in [7, 11) is 2.61. The number of anilines is 2. The predicted octanol–water partition coefficient (Wildman–Crippen LogP) is 5.59. The Morgan fingerprint density at radius 2 is 1.23 bits per heavy atom. The number of likely N-dealkylation sites (tertiary alicyclic amines) is 2. The van der Waals surface area contributed by atoms with Gasteiger partial charge in [-0.25, -0.2) is 19.8 Å². The Kier molecular flexibility index (Phi) is 11.7. The largest absolute Gasteiger partial charge is 0.453 e. The summed E-state index contributed by atoms with van der Waals surface area (Å²) in [6.45, 7) is 0.637. The Hall–Kier alpha value is -7.60. The van der Waals surface area contributed by atoms with Crippen LogP contribution in [-0.4, -0.2) is 106 Å². The number of imidazole rings is 2. The van der Waals surface area contributed by atoms with Gasteiger partial charge < -0.3 is 44.5 Å². The van der Waals surface area contributed by atoms with E-state index in [9.17, 15) is 24.0 Å². The number of aromatic amines is 2. The van der Waals surface area contributed by atoms with Crippen LogP contribution in [-0.2, 0) is 33.7 Å². The number of hydrogen-bond acceptors (Lipinski definition) is 11. The Labute approximate surface area is 367 Å². The normalized spacial score (nSPS) is 18.9. The van der Waals surface area contributed by atoms with Crippen molar-refractivity contribution in [3.05, 3.63) is 120 Å². The first-order chi connectivity index (χ1) is 31.2. The van der Waals surface area contributed by atoms with Crippen LogP contribution in [0.4, 0.5) is 16.2 Å². The standard InChI is InChI=1S/C46H46N10O8/c1-62-46(61)52-41(29-13-7-4-8-14-29)45(60)54-22-10-16-37(54)43-49-33-20-18-31(24-35(33)51-43)56-26-38(57)55(25-39(56)58)30-17-19-32-34(23-30)50-42(48-32)36-15-9-21-53(36)44(59)40(47-27-64-63-2)28-11-5-3-6-12-28/h3-8,11-14,17-20,23-24,27,36-37,40-41H,9-10,15-16,21-22,25-26H2,1-2H3,(H,48,50)(H,49,51)(H,52,61)/t36-,37-,40+,41-/m0/s1. The zero-order valence-corrected chi connectivity index (χ0v) is 35.2. The molecule has 0 radical (unpaired) electrons. The highest BCUT2D eigenvalue weighted by Crippen LogP contribution is 2.37. The highest BCUT2D eigenvalue weighted by atomic mass is 17.2. The maximum Gasteiger partial charge on any atom is 0.407 e. The van der Waals surface area contributed by atoms with Crippen LogP contribution in [0.1, 0.15) is 72.6 Å². The Morgan fingerprint density at radius 3 is 1.75 bits per heavy atom. The van der Waals surface area contributed by atoms with Crippen molar-refractivity contribution in [2.75, 3.05) is 50.2 Å². The second-order valence-electron chi connectivity index (χ2n) is 15.8. The third-order valence-corrected chi connectivity index (χ3v) is 12.0. The summed E-state index contributed by atoms with van der Waals surface area (Å²) in [6.07, 6.45) is 3.29. The van der Waals surface area contributed by atoms with Crippen LogP contribution < -0.4 is 15.1 Å². The fourth-order valence-electron chi connectivity index (χ4n) is 8.89. The molecule has 328 valence electrons. The number of aromatic nitrogens is 4. The molecule has 0 aliphatic carbocycles. The zero-order valence-electron chi connectivity index (χ0n) is 35.2. The number of ether oxygens (including phenoxy) is 1. The number of benzene rings is 4. The van der Waals surface area contributed by atoms with Crippen LogP contribution in [0.2, 0.25) is 0 Å².